The molecule has 4 amide bonds. The van der Waals surface area contributed by atoms with E-state index in [4.69, 9.17) is 28.5 Å². The molecule has 3 aromatic carbocycles. The third kappa shape index (κ3) is 11.7. The summed E-state index contributed by atoms with van der Waals surface area (Å²) < 4.78 is 36.5. The maximum atomic E-state index is 13.8. The molecule has 2 saturated heterocycles. The molecule has 19 heteroatoms. The van der Waals surface area contributed by atoms with Crippen LogP contribution in [0.5, 0.6) is 0 Å². The summed E-state index contributed by atoms with van der Waals surface area (Å²) in [7, 11) is -0.766. The Morgan fingerprint density at radius 2 is 1.03 bits per heavy atom. The van der Waals surface area contributed by atoms with Gasteiger partial charge in [0.15, 0.2) is 0 Å². The van der Waals surface area contributed by atoms with Crippen LogP contribution in [0.2, 0.25) is 0 Å². The van der Waals surface area contributed by atoms with Crippen molar-refractivity contribution in [2.75, 3.05) is 40.5 Å². The smallest absolute Gasteiger partial charge is 0.407 e. The summed E-state index contributed by atoms with van der Waals surface area (Å²) in [5, 5.41) is 5.42. The summed E-state index contributed by atoms with van der Waals surface area (Å²) in [4.78, 5) is 71.9. The van der Waals surface area contributed by atoms with Crippen molar-refractivity contribution in [2.45, 2.75) is 97.6 Å². The van der Waals surface area contributed by atoms with Crippen molar-refractivity contribution in [2.24, 2.45) is 11.8 Å². The average molecular weight is 1030 g/mol. The Bertz CT molecular complexity index is 2780. The van der Waals surface area contributed by atoms with E-state index in [0.717, 1.165) is 82.0 Å². The molecular weight excluding hydrogens is 962 g/mol. The van der Waals surface area contributed by atoms with E-state index in [9.17, 15) is 23.7 Å². The SMILES string of the molecule is CCOP(=O)(Cc1ccc(-n2c(-c3ccc(-c4cnc([C@@H]5CCCN5C(=O)[C@@H](NC(=O)OC)C(C)C)[nH]4)cc3)ccc2-c2ccc(-c3cnc([C@@H]4CCCN4C(=O)[C@@H](NC(=O)OC)C(C)C)[nH]3)cc2)cc1)OCC. The minimum atomic E-state index is -3.34. The van der Waals surface area contributed by atoms with Crippen molar-refractivity contribution >= 4 is 31.6 Å². The summed E-state index contributed by atoms with van der Waals surface area (Å²) in [6.07, 6.45) is 5.57. The minimum absolute atomic E-state index is 0.140. The van der Waals surface area contributed by atoms with Crippen molar-refractivity contribution in [3.63, 3.8) is 0 Å². The fourth-order valence-electron chi connectivity index (χ4n) is 9.99. The Kier molecular flexibility index (Phi) is 16.9. The molecule has 3 aromatic heterocycles. The van der Waals surface area contributed by atoms with Crippen LogP contribution in [-0.2, 0) is 38.8 Å². The van der Waals surface area contributed by atoms with Crippen LogP contribution in [0.15, 0.2) is 97.3 Å². The van der Waals surface area contributed by atoms with Gasteiger partial charge in [-0.05, 0) is 103 Å². The van der Waals surface area contributed by atoms with E-state index in [1.807, 2.05) is 52.0 Å². The summed E-state index contributed by atoms with van der Waals surface area (Å²) in [6.45, 7) is 12.9. The number of amides is 4. The molecule has 0 spiro atoms. The van der Waals surface area contributed by atoms with Gasteiger partial charge >= 0.3 is 19.8 Å². The fraction of sp³-hybridized carbons (Fsp3) is 0.418. The molecule has 0 aliphatic carbocycles. The number of alkyl carbamates (subject to hydrolysis) is 2. The Balaban J connectivity index is 1.06. The van der Waals surface area contributed by atoms with E-state index in [1.165, 1.54) is 14.2 Å². The Morgan fingerprint density at radius 1 is 0.622 bits per heavy atom. The largest absolute Gasteiger partial charge is 0.453 e. The van der Waals surface area contributed by atoms with Crippen molar-refractivity contribution in [3.05, 3.63) is 115 Å². The van der Waals surface area contributed by atoms with Crippen LogP contribution in [0.3, 0.4) is 0 Å². The second kappa shape index (κ2) is 23.5. The number of hydrogen-bond acceptors (Lipinski definition) is 11. The van der Waals surface area contributed by atoms with E-state index in [-0.39, 0.29) is 55.1 Å². The number of methoxy groups -OCH3 is 2. The van der Waals surface area contributed by atoms with E-state index in [2.05, 4.69) is 85.8 Å². The highest BCUT2D eigenvalue weighted by molar-refractivity contribution is 7.53. The van der Waals surface area contributed by atoms with Gasteiger partial charge in [0.05, 0.1) is 80.8 Å². The number of nitrogens with one attached hydrogen (secondary N) is 4. The van der Waals surface area contributed by atoms with E-state index in [0.29, 0.717) is 24.7 Å². The molecule has 74 heavy (non-hydrogen) atoms. The third-order valence-electron chi connectivity index (χ3n) is 13.8. The number of H-pyrrole nitrogens is 2. The average Bonchev–Trinajstić information content (AvgIpc) is 4.27. The van der Waals surface area contributed by atoms with Gasteiger partial charge in [0, 0.05) is 18.8 Å². The quantitative estimate of drug-likeness (QED) is 0.0560. The van der Waals surface area contributed by atoms with E-state index >= 15 is 0 Å². The summed E-state index contributed by atoms with van der Waals surface area (Å²) >= 11 is 0. The predicted molar refractivity (Wildman–Crippen MR) is 282 cm³/mol. The summed E-state index contributed by atoms with van der Waals surface area (Å²) in [6, 6.07) is 26.7. The second-order valence-electron chi connectivity index (χ2n) is 19.3. The first kappa shape index (κ1) is 53.3. The minimum Gasteiger partial charge on any atom is -0.453 e. The number of nitrogens with zero attached hydrogens (tertiary/aromatic N) is 5. The molecule has 0 radical (unpaired) electrons. The molecule has 2 aliphatic rings. The zero-order valence-corrected chi connectivity index (χ0v) is 44.3. The zero-order valence-electron chi connectivity index (χ0n) is 43.4. The maximum absolute atomic E-state index is 13.8. The number of carbonyl (C=O) groups excluding carboxylic acids is 4. The molecule has 18 nitrogen and oxygen atoms in total. The van der Waals surface area contributed by atoms with Gasteiger partial charge in [-0.2, -0.15) is 0 Å². The fourth-order valence-corrected chi connectivity index (χ4v) is 11.7. The van der Waals surface area contributed by atoms with Crippen LogP contribution in [0, 0.1) is 11.8 Å². The highest BCUT2D eigenvalue weighted by atomic mass is 31.2. The summed E-state index contributed by atoms with van der Waals surface area (Å²) in [5.41, 5.74) is 9.01. The second-order valence-corrected chi connectivity index (χ2v) is 21.4. The van der Waals surface area contributed by atoms with E-state index < -0.39 is 31.9 Å². The van der Waals surface area contributed by atoms with E-state index in [1.54, 1.807) is 36.0 Å². The van der Waals surface area contributed by atoms with Crippen LogP contribution in [-0.4, -0.2) is 111 Å². The molecular formula is C55H68N9O9P. The Hall–Kier alpha value is -7.01. The first-order valence-corrected chi connectivity index (χ1v) is 27.2. The molecule has 2 fully saturated rings. The molecule has 0 saturated carbocycles. The third-order valence-corrected chi connectivity index (χ3v) is 15.8. The lowest BCUT2D eigenvalue weighted by atomic mass is 10.0. The van der Waals surface area contributed by atoms with Crippen LogP contribution < -0.4 is 10.6 Å². The molecule has 4 N–H and O–H groups in total. The van der Waals surface area contributed by atoms with Gasteiger partial charge < -0.3 is 53.5 Å². The molecule has 5 heterocycles. The number of hydrogen-bond donors (Lipinski definition) is 4. The summed E-state index contributed by atoms with van der Waals surface area (Å²) in [5.74, 6) is 0.767. The standard InChI is InChI=1S/C55H68N9O9P/c1-9-72-74(69,73-10-2)33-36-15-25-41(26-16-36)64-44(39-21-17-37(18-22-39)42-31-56-50(58-42)46-13-11-29-62(46)52(65)48(34(3)4)60-54(67)70-7)27-28-45(64)40-23-19-38(20-24-40)43-32-57-51(59-43)47-14-12-30-63(47)53(66)49(35(5)6)61-55(68)71-8/h15-28,31-32,34-35,46-49H,9-14,29-30,33H2,1-8H3,(H,56,58)(H,57,59)(H,60,67)(H,61,68)/t46-,47-,48-,49-/m0/s1. The molecule has 2 aliphatic heterocycles. The topological polar surface area (TPSA) is 215 Å². The Labute approximate surface area is 432 Å². The maximum Gasteiger partial charge on any atom is 0.407 e. The predicted octanol–water partition coefficient (Wildman–Crippen LogP) is 10.4. The Morgan fingerprint density at radius 3 is 1.41 bits per heavy atom. The van der Waals surface area contributed by atoms with Gasteiger partial charge in [-0.15, -0.1) is 0 Å². The lowest BCUT2D eigenvalue weighted by molar-refractivity contribution is -0.136. The number of rotatable bonds is 19. The lowest BCUT2D eigenvalue weighted by Crippen LogP contribution is -2.51. The first-order valence-electron chi connectivity index (χ1n) is 25.5. The van der Waals surface area contributed by atoms with Gasteiger partial charge in [-0.3, -0.25) is 14.2 Å². The van der Waals surface area contributed by atoms with Gasteiger partial charge in [0.2, 0.25) is 11.8 Å². The number of imidazole rings is 2. The first-order chi connectivity index (χ1) is 35.6. The van der Waals surface area contributed by atoms with Gasteiger partial charge in [0.1, 0.15) is 23.7 Å². The monoisotopic (exact) mass is 1030 g/mol. The van der Waals surface area contributed by atoms with Crippen LogP contribution in [0.1, 0.15) is 96.5 Å². The normalized spacial score (nSPS) is 16.7. The van der Waals surface area contributed by atoms with Crippen molar-refractivity contribution in [3.8, 4) is 50.7 Å². The van der Waals surface area contributed by atoms with Gasteiger partial charge in [-0.1, -0.05) is 88.4 Å². The number of likely N-dealkylation sites (tertiary alicyclic amines) is 2. The van der Waals surface area contributed by atoms with Gasteiger partial charge in [0.25, 0.3) is 0 Å². The molecule has 0 bridgehead atoms. The molecule has 6 aromatic rings. The number of carbonyl (C=O) groups is 4. The van der Waals surface area contributed by atoms with Crippen LogP contribution >= 0.6 is 7.60 Å². The molecule has 0 unspecified atom stereocenters. The van der Waals surface area contributed by atoms with Crippen LogP contribution in [0.4, 0.5) is 9.59 Å². The van der Waals surface area contributed by atoms with Crippen LogP contribution in [0.25, 0.3) is 50.7 Å². The van der Waals surface area contributed by atoms with Crippen molar-refractivity contribution in [1.82, 2.24) is 44.9 Å². The molecule has 4 atom stereocenters. The highest BCUT2D eigenvalue weighted by Crippen LogP contribution is 2.51. The van der Waals surface area contributed by atoms with Gasteiger partial charge in [-0.25, -0.2) is 19.6 Å². The van der Waals surface area contributed by atoms with Crippen molar-refractivity contribution in [1.29, 1.82) is 0 Å². The van der Waals surface area contributed by atoms with Crippen molar-refractivity contribution < 1.29 is 42.3 Å². The number of aromatic nitrogens is 5. The zero-order chi connectivity index (χ0) is 52.7. The number of ether oxygens (including phenoxy) is 2. The number of aromatic amines is 2. The highest BCUT2D eigenvalue weighted by Gasteiger charge is 2.39. The molecule has 8 rings (SSSR count). The number of benzene rings is 3. The molecule has 392 valence electrons. The lowest BCUT2D eigenvalue weighted by Gasteiger charge is -2.30.